The Morgan fingerprint density at radius 1 is 0.947 bits per heavy atom. The maximum atomic E-state index is 9.42. The van der Waals surface area contributed by atoms with Crippen LogP contribution in [-0.2, 0) is 6.42 Å². The van der Waals surface area contributed by atoms with Gasteiger partial charge in [-0.25, -0.2) is 0 Å². The van der Waals surface area contributed by atoms with Crippen LogP contribution in [0.25, 0.3) is 0 Å². The third-order valence-electron chi connectivity index (χ3n) is 3.78. The molecule has 0 heterocycles. The molecule has 0 bridgehead atoms. The average molecular weight is 266 g/mol. The van der Waals surface area contributed by atoms with E-state index in [1.54, 1.807) is 12.1 Å². The number of aromatic hydroxyl groups is 1. The highest BCUT2D eigenvalue weighted by Crippen LogP contribution is 2.19. The predicted molar refractivity (Wildman–Crippen MR) is 77.1 cm³/mol. The first-order chi connectivity index (χ1) is 9.19. The Bertz CT molecular complexity index is 330. The first kappa shape index (κ1) is 16.0. The second-order valence-corrected chi connectivity index (χ2v) is 5.31. The number of hydrogen-bond acceptors (Lipinski definition) is 3. The van der Waals surface area contributed by atoms with Crippen LogP contribution < -0.4 is 0 Å². The van der Waals surface area contributed by atoms with E-state index >= 15 is 0 Å². The van der Waals surface area contributed by atoms with Crippen LogP contribution in [0.4, 0.5) is 0 Å². The van der Waals surface area contributed by atoms with Crippen LogP contribution in [-0.4, -0.2) is 28.5 Å². The van der Waals surface area contributed by atoms with E-state index in [0.717, 1.165) is 37.7 Å². The van der Waals surface area contributed by atoms with Gasteiger partial charge in [0, 0.05) is 13.2 Å². The molecule has 3 heteroatoms. The molecule has 0 saturated heterocycles. The molecule has 0 radical (unpaired) electrons. The highest BCUT2D eigenvalue weighted by molar-refractivity contribution is 5.26. The van der Waals surface area contributed by atoms with Crippen LogP contribution in [0.1, 0.15) is 38.2 Å². The number of aliphatic hydroxyl groups excluding tert-OH is 2. The molecule has 1 aromatic carbocycles. The van der Waals surface area contributed by atoms with Crippen molar-refractivity contribution in [3.05, 3.63) is 29.8 Å². The van der Waals surface area contributed by atoms with Crippen molar-refractivity contribution in [1.29, 1.82) is 0 Å². The Balaban J connectivity index is 2.35. The van der Waals surface area contributed by atoms with Crippen molar-refractivity contribution in [2.24, 2.45) is 11.8 Å². The zero-order valence-electron chi connectivity index (χ0n) is 11.8. The molecule has 3 N–H and O–H groups in total. The van der Waals surface area contributed by atoms with Gasteiger partial charge in [-0.2, -0.15) is 0 Å². The summed E-state index contributed by atoms with van der Waals surface area (Å²) in [4.78, 5) is 0. The van der Waals surface area contributed by atoms with Gasteiger partial charge in [0.25, 0.3) is 0 Å². The van der Waals surface area contributed by atoms with Crippen LogP contribution >= 0.6 is 0 Å². The average Bonchev–Trinajstić information content (AvgIpc) is 2.44. The Labute approximate surface area is 115 Å². The van der Waals surface area contributed by atoms with Crippen molar-refractivity contribution in [1.82, 2.24) is 0 Å². The standard InChI is InChI=1S/C16H26O3/c1-2-13(11-17)4-3-5-15(12-18)10-14-6-8-16(19)9-7-14/h6-9,13,15,17-19H,2-5,10-12H2,1H3. The van der Waals surface area contributed by atoms with Crippen LogP contribution in [0.3, 0.4) is 0 Å². The fraction of sp³-hybridized carbons (Fsp3) is 0.625. The highest BCUT2D eigenvalue weighted by Gasteiger charge is 2.11. The molecule has 0 amide bonds. The molecule has 2 atom stereocenters. The van der Waals surface area contributed by atoms with E-state index in [1.165, 1.54) is 0 Å². The Morgan fingerprint density at radius 2 is 1.53 bits per heavy atom. The van der Waals surface area contributed by atoms with Crippen LogP contribution in [0.2, 0.25) is 0 Å². The van der Waals surface area contributed by atoms with Gasteiger partial charge in [0.1, 0.15) is 5.75 Å². The lowest BCUT2D eigenvalue weighted by Crippen LogP contribution is -2.11. The van der Waals surface area contributed by atoms with Crippen molar-refractivity contribution in [2.45, 2.75) is 39.0 Å². The summed E-state index contributed by atoms with van der Waals surface area (Å²) < 4.78 is 0. The molecule has 0 fully saturated rings. The molecule has 0 aromatic heterocycles. The molecule has 1 aromatic rings. The molecule has 2 unspecified atom stereocenters. The van der Waals surface area contributed by atoms with E-state index in [1.807, 2.05) is 12.1 Å². The monoisotopic (exact) mass is 266 g/mol. The number of benzene rings is 1. The van der Waals surface area contributed by atoms with Gasteiger partial charge in [0.2, 0.25) is 0 Å². The van der Waals surface area contributed by atoms with E-state index in [4.69, 9.17) is 5.11 Å². The normalized spacial score (nSPS) is 14.3. The van der Waals surface area contributed by atoms with Gasteiger partial charge in [-0.3, -0.25) is 0 Å². The second kappa shape index (κ2) is 8.94. The summed E-state index contributed by atoms with van der Waals surface area (Å²) in [6.45, 7) is 2.55. The summed E-state index contributed by atoms with van der Waals surface area (Å²) in [6, 6.07) is 7.17. The Morgan fingerprint density at radius 3 is 2.05 bits per heavy atom. The zero-order valence-corrected chi connectivity index (χ0v) is 11.8. The van der Waals surface area contributed by atoms with Crippen LogP contribution in [0, 0.1) is 11.8 Å². The van der Waals surface area contributed by atoms with Gasteiger partial charge in [-0.15, -0.1) is 0 Å². The zero-order chi connectivity index (χ0) is 14.1. The summed E-state index contributed by atoms with van der Waals surface area (Å²) in [5.74, 6) is 0.937. The largest absolute Gasteiger partial charge is 0.508 e. The number of rotatable bonds is 9. The molecule has 0 saturated carbocycles. The van der Waals surface area contributed by atoms with Gasteiger partial charge in [0.05, 0.1) is 0 Å². The second-order valence-electron chi connectivity index (χ2n) is 5.31. The van der Waals surface area contributed by atoms with E-state index < -0.39 is 0 Å². The third-order valence-corrected chi connectivity index (χ3v) is 3.78. The molecule has 0 aliphatic heterocycles. The quantitative estimate of drug-likeness (QED) is 0.644. The number of hydrogen-bond donors (Lipinski definition) is 3. The van der Waals surface area contributed by atoms with Crippen molar-refractivity contribution in [2.75, 3.05) is 13.2 Å². The number of aliphatic hydroxyl groups is 2. The van der Waals surface area contributed by atoms with E-state index in [-0.39, 0.29) is 24.9 Å². The molecular weight excluding hydrogens is 240 g/mol. The lowest BCUT2D eigenvalue weighted by atomic mass is 9.92. The summed E-state index contributed by atoms with van der Waals surface area (Å²) in [5.41, 5.74) is 1.14. The maximum absolute atomic E-state index is 9.42. The van der Waals surface area contributed by atoms with Crippen LogP contribution in [0.15, 0.2) is 24.3 Å². The van der Waals surface area contributed by atoms with E-state index in [0.29, 0.717) is 5.92 Å². The topological polar surface area (TPSA) is 60.7 Å². The smallest absolute Gasteiger partial charge is 0.115 e. The van der Waals surface area contributed by atoms with Gasteiger partial charge in [-0.1, -0.05) is 31.9 Å². The summed E-state index contributed by atoms with van der Waals surface area (Å²) in [7, 11) is 0. The van der Waals surface area contributed by atoms with Crippen molar-refractivity contribution >= 4 is 0 Å². The number of phenolic OH excluding ortho intramolecular Hbond substituents is 1. The molecule has 1 rings (SSSR count). The van der Waals surface area contributed by atoms with Crippen molar-refractivity contribution in [3.63, 3.8) is 0 Å². The lowest BCUT2D eigenvalue weighted by molar-refractivity contribution is 0.193. The fourth-order valence-corrected chi connectivity index (χ4v) is 2.34. The van der Waals surface area contributed by atoms with E-state index in [9.17, 15) is 10.2 Å². The minimum Gasteiger partial charge on any atom is -0.508 e. The van der Waals surface area contributed by atoms with E-state index in [2.05, 4.69) is 6.92 Å². The van der Waals surface area contributed by atoms with Gasteiger partial charge in [-0.05, 0) is 48.8 Å². The fourth-order valence-electron chi connectivity index (χ4n) is 2.34. The summed E-state index contributed by atoms with van der Waals surface area (Å²) >= 11 is 0. The molecular formula is C16H26O3. The van der Waals surface area contributed by atoms with Gasteiger partial charge < -0.3 is 15.3 Å². The summed E-state index contributed by atoms with van der Waals surface area (Å²) in [6.07, 6.45) is 4.90. The molecule has 3 nitrogen and oxygen atoms in total. The molecule has 108 valence electrons. The highest BCUT2D eigenvalue weighted by atomic mass is 16.3. The maximum Gasteiger partial charge on any atom is 0.115 e. The Hall–Kier alpha value is -1.06. The predicted octanol–water partition coefficient (Wildman–Crippen LogP) is 2.73. The first-order valence-corrected chi connectivity index (χ1v) is 7.19. The molecule has 0 aliphatic carbocycles. The van der Waals surface area contributed by atoms with Gasteiger partial charge >= 0.3 is 0 Å². The molecule has 0 spiro atoms. The number of phenols is 1. The van der Waals surface area contributed by atoms with Gasteiger partial charge in [0.15, 0.2) is 0 Å². The third kappa shape index (κ3) is 6.08. The lowest BCUT2D eigenvalue weighted by Gasteiger charge is -2.16. The SMILES string of the molecule is CCC(CO)CCCC(CO)Cc1ccc(O)cc1. The molecule has 19 heavy (non-hydrogen) atoms. The Kier molecular flexibility index (Phi) is 7.53. The summed E-state index contributed by atoms with van der Waals surface area (Å²) in [5, 5.41) is 27.8. The molecule has 0 aliphatic rings. The van der Waals surface area contributed by atoms with Crippen LogP contribution in [0.5, 0.6) is 5.75 Å². The van der Waals surface area contributed by atoms with Crippen molar-refractivity contribution in [3.8, 4) is 5.75 Å². The minimum atomic E-state index is 0.191. The minimum absolute atomic E-state index is 0.191. The first-order valence-electron chi connectivity index (χ1n) is 7.19. The van der Waals surface area contributed by atoms with Crippen molar-refractivity contribution < 1.29 is 15.3 Å².